The molecule has 0 aliphatic carbocycles. The van der Waals surface area contributed by atoms with E-state index in [1.54, 1.807) is 0 Å². The Morgan fingerprint density at radius 2 is 1.83 bits per heavy atom. The average Bonchev–Trinajstić information content (AvgIpc) is 2.35. The van der Waals surface area contributed by atoms with Gasteiger partial charge in [0.2, 0.25) is 0 Å². The zero-order chi connectivity index (χ0) is 13.6. The Kier molecular flexibility index (Phi) is 12.0. The molecular formula is C15H28O3. The van der Waals surface area contributed by atoms with Gasteiger partial charge in [-0.2, -0.15) is 0 Å². The van der Waals surface area contributed by atoms with Crippen molar-refractivity contribution in [3.63, 3.8) is 0 Å². The molecule has 0 aromatic rings. The van der Waals surface area contributed by atoms with Crippen LogP contribution in [0.3, 0.4) is 0 Å². The predicted molar refractivity (Wildman–Crippen MR) is 74.8 cm³/mol. The third kappa shape index (κ3) is 10.3. The van der Waals surface area contributed by atoms with Crippen LogP contribution < -0.4 is 0 Å². The summed E-state index contributed by atoms with van der Waals surface area (Å²) in [5.41, 5.74) is 0. The molecule has 0 heterocycles. The summed E-state index contributed by atoms with van der Waals surface area (Å²) in [6.45, 7) is 4.66. The van der Waals surface area contributed by atoms with Gasteiger partial charge < -0.3 is 9.84 Å². The highest BCUT2D eigenvalue weighted by molar-refractivity contribution is 5.72. The number of ether oxygens (including phenoxy) is 1. The number of hydrogen-bond acceptors (Lipinski definition) is 2. The normalized spacial score (nSPS) is 13.0. The van der Waals surface area contributed by atoms with Crippen LogP contribution in [0.2, 0.25) is 0 Å². The van der Waals surface area contributed by atoms with Crippen LogP contribution in [0.4, 0.5) is 0 Å². The number of hydrogen-bond donors (Lipinski definition) is 1. The lowest BCUT2D eigenvalue weighted by molar-refractivity contribution is -0.150. The van der Waals surface area contributed by atoms with Crippen molar-refractivity contribution >= 4 is 5.97 Å². The molecule has 1 N–H and O–H groups in total. The van der Waals surface area contributed by atoms with Gasteiger partial charge in [0.15, 0.2) is 6.10 Å². The quantitative estimate of drug-likeness (QED) is 0.421. The molecule has 0 aromatic heterocycles. The molecule has 0 saturated carbocycles. The highest BCUT2D eigenvalue weighted by Crippen LogP contribution is 2.06. The summed E-state index contributed by atoms with van der Waals surface area (Å²) in [7, 11) is 0. The Morgan fingerprint density at radius 1 is 1.11 bits per heavy atom. The summed E-state index contributed by atoms with van der Waals surface area (Å²) in [6, 6.07) is 0. The molecule has 0 fully saturated rings. The Labute approximate surface area is 111 Å². The van der Waals surface area contributed by atoms with Crippen LogP contribution in [0.5, 0.6) is 0 Å². The van der Waals surface area contributed by atoms with E-state index in [4.69, 9.17) is 9.84 Å². The second-order valence-corrected chi connectivity index (χ2v) is 4.62. The van der Waals surface area contributed by atoms with Crippen molar-refractivity contribution in [2.45, 2.75) is 71.3 Å². The highest BCUT2D eigenvalue weighted by Gasteiger charge is 2.15. The molecule has 0 aliphatic rings. The van der Waals surface area contributed by atoms with Gasteiger partial charge in [0.25, 0.3) is 0 Å². The fourth-order valence-corrected chi connectivity index (χ4v) is 1.71. The van der Waals surface area contributed by atoms with Crippen molar-refractivity contribution in [1.82, 2.24) is 0 Å². The van der Waals surface area contributed by atoms with Gasteiger partial charge in [-0.25, -0.2) is 4.79 Å². The number of carbonyl (C=O) groups is 1. The van der Waals surface area contributed by atoms with Crippen LogP contribution in [0.25, 0.3) is 0 Å². The minimum atomic E-state index is -0.847. The Hall–Kier alpha value is -0.830. The third-order valence-electron chi connectivity index (χ3n) is 2.88. The standard InChI is InChI=1S/C15H28O3/c1-3-5-7-8-9-10-11-13-18-14(15(16)17)12-6-4-2/h10-11,14H,3-9,12-13H2,1-2H3,(H,16,17)/b11-10-. The number of carboxylic acid groups (broad SMARTS) is 1. The lowest BCUT2D eigenvalue weighted by Gasteiger charge is -2.11. The highest BCUT2D eigenvalue weighted by atomic mass is 16.5. The van der Waals surface area contributed by atoms with E-state index in [0.717, 1.165) is 19.3 Å². The molecule has 1 atom stereocenters. The van der Waals surface area contributed by atoms with Gasteiger partial charge in [-0.1, -0.05) is 58.1 Å². The molecule has 0 radical (unpaired) electrons. The van der Waals surface area contributed by atoms with Gasteiger partial charge in [0, 0.05) is 0 Å². The topological polar surface area (TPSA) is 46.5 Å². The van der Waals surface area contributed by atoms with E-state index in [9.17, 15) is 4.79 Å². The third-order valence-corrected chi connectivity index (χ3v) is 2.88. The molecule has 0 rings (SSSR count). The molecule has 1 unspecified atom stereocenters. The lowest BCUT2D eigenvalue weighted by atomic mass is 10.1. The number of rotatable bonds is 12. The lowest BCUT2D eigenvalue weighted by Crippen LogP contribution is -2.23. The molecule has 0 amide bonds. The average molecular weight is 256 g/mol. The molecule has 0 bridgehead atoms. The molecule has 3 nitrogen and oxygen atoms in total. The number of allylic oxidation sites excluding steroid dienone is 1. The van der Waals surface area contributed by atoms with Gasteiger partial charge in [0.1, 0.15) is 0 Å². The van der Waals surface area contributed by atoms with E-state index in [1.165, 1.54) is 25.7 Å². The molecule has 0 aliphatic heterocycles. The van der Waals surface area contributed by atoms with Crippen molar-refractivity contribution in [2.24, 2.45) is 0 Å². The first-order valence-electron chi connectivity index (χ1n) is 7.21. The van der Waals surface area contributed by atoms with Crippen molar-refractivity contribution in [2.75, 3.05) is 6.61 Å². The maximum Gasteiger partial charge on any atom is 0.332 e. The second-order valence-electron chi connectivity index (χ2n) is 4.62. The maximum absolute atomic E-state index is 10.9. The van der Waals surface area contributed by atoms with Gasteiger partial charge in [0.05, 0.1) is 6.61 Å². The van der Waals surface area contributed by atoms with E-state index >= 15 is 0 Å². The molecule has 0 spiro atoms. The monoisotopic (exact) mass is 256 g/mol. The molecule has 18 heavy (non-hydrogen) atoms. The zero-order valence-electron chi connectivity index (χ0n) is 11.9. The van der Waals surface area contributed by atoms with Crippen LogP contribution in [0, 0.1) is 0 Å². The summed E-state index contributed by atoms with van der Waals surface area (Å²) in [4.78, 5) is 10.9. The minimum Gasteiger partial charge on any atom is -0.479 e. The van der Waals surface area contributed by atoms with Crippen molar-refractivity contribution in [3.05, 3.63) is 12.2 Å². The first-order chi connectivity index (χ1) is 8.72. The number of aliphatic carboxylic acids is 1. The SMILES string of the molecule is CCCCCC/C=C\COC(CCCC)C(=O)O. The Morgan fingerprint density at radius 3 is 2.44 bits per heavy atom. The molecular weight excluding hydrogens is 228 g/mol. The molecule has 106 valence electrons. The summed E-state index contributed by atoms with van der Waals surface area (Å²) >= 11 is 0. The van der Waals surface area contributed by atoms with E-state index in [1.807, 2.05) is 6.08 Å². The fourth-order valence-electron chi connectivity index (χ4n) is 1.71. The van der Waals surface area contributed by atoms with E-state index < -0.39 is 12.1 Å². The number of unbranched alkanes of at least 4 members (excludes halogenated alkanes) is 5. The van der Waals surface area contributed by atoms with Gasteiger partial charge in [-0.05, 0) is 19.3 Å². The second kappa shape index (κ2) is 12.6. The smallest absolute Gasteiger partial charge is 0.332 e. The van der Waals surface area contributed by atoms with Gasteiger partial charge >= 0.3 is 5.97 Å². The molecule has 0 saturated heterocycles. The number of carboxylic acids is 1. The van der Waals surface area contributed by atoms with Crippen LogP contribution in [0.1, 0.15) is 65.2 Å². The van der Waals surface area contributed by atoms with E-state index in [-0.39, 0.29) is 0 Å². The maximum atomic E-state index is 10.9. The van der Waals surface area contributed by atoms with Crippen molar-refractivity contribution in [1.29, 1.82) is 0 Å². The Balaban J connectivity index is 3.58. The van der Waals surface area contributed by atoms with Gasteiger partial charge in [-0.15, -0.1) is 0 Å². The first kappa shape index (κ1) is 17.2. The van der Waals surface area contributed by atoms with Crippen LogP contribution in [0.15, 0.2) is 12.2 Å². The van der Waals surface area contributed by atoms with Crippen LogP contribution in [-0.4, -0.2) is 23.8 Å². The molecule has 0 aromatic carbocycles. The van der Waals surface area contributed by atoms with E-state index in [2.05, 4.69) is 19.9 Å². The van der Waals surface area contributed by atoms with Gasteiger partial charge in [-0.3, -0.25) is 0 Å². The predicted octanol–water partition coefficient (Wildman–Crippen LogP) is 4.17. The fraction of sp³-hybridized carbons (Fsp3) is 0.800. The summed E-state index contributed by atoms with van der Waals surface area (Å²) < 4.78 is 5.35. The Bertz CT molecular complexity index is 224. The summed E-state index contributed by atoms with van der Waals surface area (Å²) in [5.74, 6) is -0.847. The van der Waals surface area contributed by atoms with Crippen molar-refractivity contribution < 1.29 is 14.6 Å². The first-order valence-corrected chi connectivity index (χ1v) is 7.21. The van der Waals surface area contributed by atoms with E-state index in [0.29, 0.717) is 13.0 Å². The zero-order valence-corrected chi connectivity index (χ0v) is 11.9. The summed E-state index contributed by atoms with van der Waals surface area (Å²) in [6.07, 6.45) is 12.0. The van der Waals surface area contributed by atoms with Crippen molar-refractivity contribution in [3.8, 4) is 0 Å². The largest absolute Gasteiger partial charge is 0.479 e. The van der Waals surface area contributed by atoms with Crippen LogP contribution in [-0.2, 0) is 9.53 Å². The van der Waals surface area contributed by atoms with Crippen LogP contribution >= 0.6 is 0 Å². The molecule has 3 heteroatoms. The minimum absolute atomic E-state index is 0.411. The summed E-state index contributed by atoms with van der Waals surface area (Å²) in [5, 5.41) is 8.95.